The molecule has 0 bridgehead atoms. The first-order valence-electron chi connectivity index (χ1n) is 4.10. The fraction of sp³-hybridized carbons (Fsp3) is 0.556. The third-order valence-electron chi connectivity index (χ3n) is 2.31. The summed E-state index contributed by atoms with van der Waals surface area (Å²) in [5.41, 5.74) is 1.47. The van der Waals surface area contributed by atoms with Gasteiger partial charge < -0.3 is 5.32 Å². The first kappa shape index (κ1) is 7.32. The van der Waals surface area contributed by atoms with Crippen molar-refractivity contribution in [1.29, 1.82) is 0 Å². The Morgan fingerprint density at radius 2 is 2.45 bits per heavy atom. The molecular formula is C9H13NS. The molecule has 0 radical (unpaired) electrons. The highest BCUT2D eigenvalue weighted by Gasteiger charge is 2.17. The zero-order valence-electron chi connectivity index (χ0n) is 6.76. The lowest BCUT2D eigenvalue weighted by molar-refractivity contribution is 0.348. The highest BCUT2D eigenvalue weighted by Crippen LogP contribution is 2.21. The van der Waals surface area contributed by atoms with Gasteiger partial charge in [0.05, 0.1) is 0 Å². The average Bonchev–Trinajstić information content (AvgIpc) is 2.27. The van der Waals surface area contributed by atoms with Crippen LogP contribution in [-0.4, -0.2) is 13.1 Å². The van der Waals surface area contributed by atoms with Crippen LogP contribution < -0.4 is 5.32 Å². The van der Waals surface area contributed by atoms with Crippen molar-refractivity contribution in [2.45, 2.75) is 13.3 Å². The average molecular weight is 167 g/mol. The predicted octanol–water partition coefficient (Wildman–Crippen LogP) is 1.82. The van der Waals surface area contributed by atoms with Gasteiger partial charge in [0.25, 0.3) is 0 Å². The molecule has 2 rings (SSSR count). The van der Waals surface area contributed by atoms with Crippen LogP contribution in [0.25, 0.3) is 0 Å². The van der Waals surface area contributed by atoms with E-state index in [0.29, 0.717) is 0 Å². The molecular weight excluding hydrogens is 154 g/mol. The summed E-state index contributed by atoms with van der Waals surface area (Å²) < 4.78 is 0. The molecule has 1 fully saturated rings. The molecule has 0 saturated carbocycles. The van der Waals surface area contributed by atoms with Crippen molar-refractivity contribution in [3.05, 3.63) is 21.9 Å². The highest BCUT2D eigenvalue weighted by molar-refractivity contribution is 7.10. The van der Waals surface area contributed by atoms with Crippen LogP contribution >= 0.6 is 11.3 Å². The lowest BCUT2D eigenvalue weighted by atomic mass is 9.97. The summed E-state index contributed by atoms with van der Waals surface area (Å²) in [5.74, 6) is 0.910. The van der Waals surface area contributed by atoms with E-state index >= 15 is 0 Å². The van der Waals surface area contributed by atoms with Crippen LogP contribution in [0, 0.1) is 12.8 Å². The summed E-state index contributed by atoms with van der Waals surface area (Å²) in [5, 5.41) is 5.49. The van der Waals surface area contributed by atoms with Crippen LogP contribution in [0.3, 0.4) is 0 Å². The van der Waals surface area contributed by atoms with E-state index in [4.69, 9.17) is 0 Å². The molecule has 1 nitrogen and oxygen atoms in total. The van der Waals surface area contributed by atoms with Gasteiger partial charge in [-0.15, -0.1) is 11.3 Å². The van der Waals surface area contributed by atoms with Gasteiger partial charge in [-0.2, -0.15) is 0 Å². The Balaban J connectivity index is 1.99. The predicted molar refractivity (Wildman–Crippen MR) is 49.1 cm³/mol. The number of aryl methyl sites for hydroxylation is 1. The van der Waals surface area contributed by atoms with E-state index in [-0.39, 0.29) is 0 Å². The van der Waals surface area contributed by atoms with Gasteiger partial charge in [0.2, 0.25) is 0 Å². The molecule has 0 aromatic carbocycles. The van der Waals surface area contributed by atoms with E-state index in [0.717, 1.165) is 5.92 Å². The molecule has 1 aromatic rings. The molecule has 0 atom stereocenters. The molecule has 1 aliphatic heterocycles. The third-order valence-corrected chi connectivity index (χ3v) is 3.35. The smallest absolute Gasteiger partial charge is 0.00781 e. The van der Waals surface area contributed by atoms with Crippen molar-refractivity contribution in [3.8, 4) is 0 Å². The molecule has 1 N–H and O–H groups in total. The number of rotatable bonds is 2. The lowest BCUT2D eigenvalue weighted by Crippen LogP contribution is -2.42. The minimum Gasteiger partial charge on any atom is -0.316 e. The van der Waals surface area contributed by atoms with E-state index in [1.165, 1.54) is 25.1 Å². The highest BCUT2D eigenvalue weighted by atomic mass is 32.1. The second-order valence-corrected chi connectivity index (χ2v) is 4.26. The van der Waals surface area contributed by atoms with Crippen molar-refractivity contribution in [1.82, 2.24) is 5.32 Å². The molecule has 2 heteroatoms. The van der Waals surface area contributed by atoms with E-state index in [9.17, 15) is 0 Å². The summed E-state index contributed by atoms with van der Waals surface area (Å²) in [4.78, 5) is 1.58. The molecule has 0 amide bonds. The van der Waals surface area contributed by atoms with Crippen molar-refractivity contribution in [2.24, 2.45) is 5.92 Å². The minimum absolute atomic E-state index is 0.910. The number of thiophene rings is 1. The number of nitrogens with one attached hydrogen (secondary N) is 1. The van der Waals surface area contributed by atoms with Crippen LogP contribution in [0.5, 0.6) is 0 Å². The Kier molecular flexibility index (Phi) is 1.96. The van der Waals surface area contributed by atoms with Crippen molar-refractivity contribution in [3.63, 3.8) is 0 Å². The van der Waals surface area contributed by atoms with E-state index < -0.39 is 0 Å². The van der Waals surface area contributed by atoms with E-state index in [1.54, 1.807) is 4.88 Å². The molecule has 2 heterocycles. The zero-order chi connectivity index (χ0) is 7.68. The van der Waals surface area contributed by atoms with Crippen molar-refractivity contribution >= 4 is 11.3 Å². The Labute approximate surface area is 71.4 Å². The molecule has 0 aliphatic carbocycles. The lowest BCUT2D eigenvalue weighted by Gasteiger charge is -2.26. The number of hydrogen-bond acceptors (Lipinski definition) is 2. The van der Waals surface area contributed by atoms with Gasteiger partial charge >= 0.3 is 0 Å². The standard InChI is InChI=1S/C9H13NS/c1-7-2-3-11-9(7)4-8-5-10-6-8/h2-3,8,10H,4-6H2,1H3. The Morgan fingerprint density at radius 3 is 2.91 bits per heavy atom. The molecule has 0 spiro atoms. The summed E-state index contributed by atoms with van der Waals surface area (Å²) in [6.45, 7) is 4.65. The second-order valence-electron chi connectivity index (χ2n) is 3.26. The van der Waals surface area contributed by atoms with Crippen LogP contribution in [0.2, 0.25) is 0 Å². The molecule has 11 heavy (non-hydrogen) atoms. The monoisotopic (exact) mass is 167 g/mol. The molecule has 1 aromatic heterocycles. The van der Waals surface area contributed by atoms with Gasteiger partial charge in [-0.3, -0.25) is 0 Å². The summed E-state index contributed by atoms with van der Waals surface area (Å²) in [6, 6.07) is 2.21. The quantitative estimate of drug-likeness (QED) is 0.708. The molecule has 1 aliphatic rings. The van der Waals surface area contributed by atoms with Crippen LogP contribution in [0.4, 0.5) is 0 Å². The van der Waals surface area contributed by atoms with Crippen LogP contribution in [-0.2, 0) is 6.42 Å². The van der Waals surface area contributed by atoms with E-state index in [1.807, 2.05) is 11.3 Å². The van der Waals surface area contributed by atoms with Crippen molar-refractivity contribution in [2.75, 3.05) is 13.1 Å². The third kappa shape index (κ3) is 1.47. The minimum atomic E-state index is 0.910. The van der Waals surface area contributed by atoms with Gasteiger partial charge in [0, 0.05) is 4.88 Å². The Hall–Kier alpha value is -0.340. The molecule has 60 valence electrons. The van der Waals surface area contributed by atoms with E-state index in [2.05, 4.69) is 23.7 Å². The van der Waals surface area contributed by atoms with Gasteiger partial charge in [0.1, 0.15) is 0 Å². The first-order valence-corrected chi connectivity index (χ1v) is 4.98. The van der Waals surface area contributed by atoms with Gasteiger partial charge in [-0.25, -0.2) is 0 Å². The Bertz CT molecular complexity index is 237. The maximum absolute atomic E-state index is 3.30. The number of hydrogen-bond donors (Lipinski definition) is 1. The fourth-order valence-electron chi connectivity index (χ4n) is 1.37. The molecule has 1 saturated heterocycles. The van der Waals surface area contributed by atoms with Gasteiger partial charge in [-0.1, -0.05) is 0 Å². The Morgan fingerprint density at radius 1 is 1.64 bits per heavy atom. The van der Waals surface area contributed by atoms with Gasteiger partial charge in [-0.05, 0) is 49.4 Å². The SMILES string of the molecule is Cc1ccsc1CC1CNC1. The van der Waals surface area contributed by atoms with Crippen LogP contribution in [0.15, 0.2) is 11.4 Å². The maximum Gasteiger partial charge on any atom is 0.00781 e. The normalized spacial score (nSPS) is 18.3. The molecule has 0 unspecified atom stereocenters. The van der Waals surface area contributed by atoms with Crippen LogP contribution in [0.1, 0.15) is 10.4 Å². The van der Waals surface area contributed by atoms with Crippen molar-refractivity contribution < 1.29 is 0 Å². The van der Waals surface area contributed by atoms with Gasteiger partial charge in [0.15, 0.2) is 0 Å². The zero-order valence-corrected chi connectivity index (χ0v) is 7.58. The second kappa shape index (κ2) is 2.95. The summed E-state index contributed by atoms with van der Waals surface area (Å²) >= 11 is 1.90. The summed E-state index contributed by atoms with van der Waals surface area (Å²) in [6.07, 6.45) is 1.29. The maximum atomic E-state index is 3.30. The largest absolute Gasteiger partial charge is 0.316 e. The topological polar surface area (TPSA) is 12.0 Å². The first-order chi connectivity index (χ1) is 5.36. The summed E-state index contributed by atoms with van der Waals surface area (Å²) in [7, 11) is 0. The fourth-order valence-corrected chi connectivity index (χ4v) is 2.39.